The lowest BCUT2D eigenvalue weighted by Crippen LogP contribution is -2.58. The monoisotopic (exact) mass is 268 g/mol. The van der Waals surface area contributed by atoms with Crippen molar-refractivity contribution in [3.05, 3.63) is 0 Å². The predicted octanol–water partition coefficient (Wildman–Crippen LogP) is 2.65. The second kappa shape index (κ2) is 7.05. The zero-order chi connectivity index (χ0) is 13.8. The van der Waals surface area contributed by atoms with E-state index >= 15 is 0 Å². The summed E-state index contributed by atoms with van der Waals surface area (Å²) in [6, 6.07) is 1.38. The Hall–Kier alpha value is -0.120. The Balaban J connectivity index is 2.00. The number of ether oxygens (including phenoxy) is 1. The summed E-state index contributed by atoms with van der Waals surface area (Å²) >= 11 is 0. The van der Waals surface area contributed by atoms with Crippen LogP contribution < -0.4 is 5.32 Å². The van der Waals surface area contributed by atoms with Gasteiger partial charge in [0.25, 0.3) is 0 Å². The minimum atomic E-state index is 0.382. The van der Waals surface area contributed by atoms with Crippen molar-refractivity contribution >= 4 is 0 Å². The average Bonchev–Trinajstić information content (AvgIpc) is 2.38. The molecule has 0 aromatic heterocycles. The molecule has 1 heterocycles. The predicted molar refractivity (Wildman–Crippen MR) is 80.5 cm³/mol. The molecular formula is C16H32N2O. The van der Waals surface area contributed by atoms with Gasteiger partial charge in [-0.05, 0) is 46.1 Å². The second-order valence-electron chi connectivity index (χ2n) is 6.64. The van der Waals surface area contributed by atoms with Crippen LogP contribution in [0.15, 0.2) is 0 Å². The Morgan fingerprint density at radius 1 is 1.16 bits per heavy atom. The summed E-state index contributed by atoms with van der Waals surface area (Å²) in [4.78, 5) is 2.70. The molecule has 0 radical (unpaired) electrons. The highest BCUT2D eigenvalue weighted by Gasteiger charge is 2.36. The van der Waals surface area contributed by atoms with Crippen LogP contribution in [0.3, 0.4) is 0 Å². The molecule has 0 bridgehead atoms. The Labute approximate surface area is 119 Å². The van der Waals surface area contributed by atoms with E-state index in [0.717, 1.165) is 19.0 Å². The van der Waals surface area contributed by atoms with E-state index in [1.165, 1.54) is 32.1 Å². The summed E-state index contributed by atoms with van der Waals surface area (Å²) in [5.41, 5.74) is 0. The van der Waals surface area contributed by atoms with Gasteiger partial charge in [0.1, 0.15) is 0 Å². The highest BCUT2D eigenvalue weighted by atomic mass is 16.5. The van der Waals surface area contributed by atoms with Crippen LogP contribution >= 0.6 is 0 Å². The largest absolute Gasteiger partial charge is 0.373 e. The Kier molecular flexibility index (Phi) is 5.67. The van der Waals surface area contributed by atoms with E-state index in [9.17, 15) is 0 Å². The van der Waals surface area contributed by atoms with E-state index in [4.69, 9.17) is 4.74 Å². The molecule has 1 aliphatic carbocycles. The summed E-state index contributed by atoms with van der Waals surface area (Å²) in [6.45, 7) is 8.95. The first-order chi connectivity index (χ1) is 9.13. The fourth-order valence-electron chi connectivity index (χ4n) is 4.13. The molecule has 0 aromatic rings. The molecule has 1 N–H and O–H groups in total. The third-order valence-electron chi connectivity index (χ3n) is 4.91. The van der Waals surface area contributed by atoms with E-state index in [0.29, 0.717) is 24.3 Å². The Morgan fingerprint density at radius 3 is 2.42 bits per heavy atom. The van der Waals surface area contributed by atoms with Crippen molar-refractivity contribution in [3.63, 3.8) is 0 Å². The van der Waals surface area contributed by atoms with Gasteiger partial charge in [0.15, 0.2) is 0 Å². The second-order valence-corrected chi connectivity index (χ2v) is 6.64. The van der Waals surface area contributed by atoms with Gasteiger partial charge >= 0.3 is 0 Å². The molecule has 0 amide bonds. The minimum absolute atomic E-state index is 0.382. The van der Waals surface area contributed by atoms with Crippen LogP contribution in [0, 0.1) is 5.92 Å². The SMILES string of the molecule is CCCC1CCC(NC)C(N2CC(C)OC(C)C2)C1. The van der Waals surface area contributed by atoms with E-state index in [2.05, 4.69) is 38.0 Å². The lowest BCUT2D eigenvalue weighted by atomic mass is 9.79. The molecule has 2 rings (SSSR count). The maximum Gasteiger partial charge on any atom is 0.0678 e. The van der Waals surface area contributed by atoms with Crippen molar-refractivity contribution in [2.45, 2.75) is 77.2 Å². The van der Waals surface area contributed by atoms with Gasteiger partial charge in [0.2, 0.25) is 0 Å². The van der Waals surface area contributed by atoms with Crippen molar-refractivity contribution < 1.29 is 4.74 Å². The van der Waals surface area contributed by atoms with Gasteiger partial charge in [-0.3, -0.25) is 4.90 Å². The Morgan fingerprint density at radius 2 is 1.84 bits per heavy atom. The normalized spacial score (nSPS) is 41.4. The van der Waals surface area contributed by atoms with Gasteiger partial charge < -0.3 is 10.1 Å². The van der Waals surface area contributed by atoms with Crippen molar-refractivity contribution in [1.82, 2.24) is 10.2 Å². The molecule has 19 heavy (non-hydrogen) atoms. The molecule has 3 nitrogen and oxygen atoms in total. The number of likely N-dealkylation sites (N-methyl/N-ethyl adjacent to an activating group) is 1. The smallest absolute Gasteiger partial charge is 0.0678 e. The maximum absolute atomic E-state index is 5.89. The number of nitrogens with one attached hydrogen (secondary N) is 1. The maximum atomic E-state index is 5.89. The lowest BCUT2D eigenvalue weighted by Gasteiger charge is -2.46. The third-order valence-corrected chi connectivity index (χ3v) is 4.91. The van der Waals surface area contributed by atoms with Gasteiger partial charge in [-0.1, -0.05) is 19.8 Å². The molecule has 1 saturated heterocycles. The molecule has 3 heteroatoms. The van der Waals surface area contributed by atoms with Crippen LogP contribution in [0.2, 0.25) is 0 Å². The standard InChI is InChI=1S/C16H32N2O/c1-5-6-14-7-8-15(17-4)16(9-14)18-10-12(2)19-13(3)11-18/h12-17H,5-11H2,1-4H3. The van der Waals surface area contributed by atoms with E-state index in [1.807, 2.05) is 0 Å². The Bertz CT molecular complexity index is 261. The summed E-state index contributed by atoms with van der Waals surface area (Å²) in [5, 5.41) is 3.56. The molecule has 1 aliphatic heterocycles. The molecular weight excluding hydrogens is 236 g/mol. The fraction of sp³-hybridized carbons (Fsp3) is 1.00. The van der Waals surface area contributed by atoms with Crippen LogP contribution in [-0.2, 0) is 4.74 Å². The van der Waals surface area contributed by atoms with Crippen molar-refractivity contribution in [2.75, 3.05) is 20.1 Å². The fourth-order valence-corrected chi connectivity index (χ4v) is 4.13. The quantitative estimate of drug-likeness (QED) is 0.848. The van der Waals surface area contributed by atoms with E-state index < -0.39 is 0 Å². The summed E-state index contributed by atoms with van der Waals surface area (Å²) in [6.07, 6.45) is 7.62. The number of nitrogens with zero attached hydrogens (tertiary/aromatic N) is 1. The first kappa shape index (κ1) is 15.3. The molecule has 0 spiro atoms. The zero-order valence-electron chi connectivity index (χ0n) is 13.2. The topological polar surface area (TPSA) is 24.5 Å². The van der Waals surface area contributed by atoms with Crippen LogP contribution in [0.1, 0.15) is 52.9 Å². The zero-order valence-corrected chi connectivity index (χ0v) is 13.2. The minimum Gasteiger partial charge on any atom is -0.373 e. The molecule has 2 aliphatic rings. The first-order valence-electron chi connectivity index (χ1n) is 8.20. The molecule has 0 aromatic carbocycles. The third kappa shape index (κ3) is 3.93. The molecule has 1 saturated carbocycles. The number of hydrogen-bond acceptors (Lipinski definition) is 3. The van der Waals surface area contributed by atoms with Gasteiger partial charge in [0.05, 0.1) is 12.2 Å². The first-order valence-corrected chi connectivity index (χ1v) is 8.20. The lowest BCUT2D eigenvalue weighted by molar-refractivity contribution is -0.0903. The number of rotatable bonds is 4. The number of hydrogen-bond donors (Lipinski definition) is 1. The number of morpholine rings is 1. The molecule has 5 unspecified atom stereocenters. The van der Waals surface area contributed by atoms with Crippen LogP contribution in [0.5, 0.6) is 0 Å². The van der Waals surface area contributed by atoms with Crippen molar-refractivity contribution in [1.29, 1.82) is 0 Å². The van der Waals surface area contributed by atoms with Crippen LogP contribution in [-0.4, -0.2) is 49.3 Å². The van der Waals surface area contributed by atoms with Crippen molar-refractivity contribution in [3.8, 4) is 0 Å². The van der Waals surface area contributed by atoms with E-state index in [1.54, 1.807) is 0 Å². The summed E-state index contributed by atoms with van der Waals surface area (Å²) in [5.74, 6) is 0.938. The van der Waals surface area contributed by atoms with E-state index in [-0.39, 0.29) is 0 Å². The van der Waals surface area contributed by atoms with Crippen LogP contribution in [0.4, 0.5) is 0 Å². The summed E-state index contributed by atoms with van der Waals surface area (Å²) < 4.78 is 5.89. The van der Waals surface area contributed by atoms with Gasteiger partial charge in [0, 0.05) is 25.2 Å². The molecule has 5 atom stereocenters. The highest BCUT2D eigenvalue weighted by Crippen LogP contribution is 2.32. The average molecular weight is 268 g/mol. The van der Waals surface area contributed by atoms with Gasteiger partial charge in [-0.15, -0.1) is 0 Å². The van der Waals surface area contributed by atoms with Gasteiger partial charge in [-0.25, -0.2) is 0 Å². The molecule has 2 fully saturated rings. The highest BCUT2D eigenvalue weighted by molar-refractivity contribution is 4.92. The van der Waals surface area contributed by atoms with Crippen LogP contribution in [0.25, 0.3) is 0 Å². The van der Waals surface area contributed by atoms with Crippen molar-refractivity contribution in [2.24, 2.45) is 5.92 Å². The summed E-state index contributed by atoms with van der Waals surface area (Å²) in [7, 11) is 2.13. The molecule has 112 valence electrons. The van der Waals surface area contributed by atoms with Gasteiger partial charge in [-0.2, -0.15) is 0 Å².